The zero-order chi connectivity index (χ0) is 12.9. The van der Waals surface area contributed by atoms with Gasteiger partial charge in [0, 0.05) is 39.4 Å². The van der Waals surface area contributed by atoms with Crippen molar-refractivity contribution in [2.24, 2.45) is 0 Å². The number of hydrogen-bond donors (Lipinski definition) is 2. The van der Waals surface area contributed by atoms with Crippen LogP contribution in [0.4, 0.5) is 0 Å². The smallest absolute Gasteiger partial charge is 0.161 e. The topological polar surface area (TPSA) is 45.8 Å². The Hall–Kier alpha value is -1.30. The summed E-state index contributed by atoms with van der Waals surface area (Å²) in [7, 11) is 0. The molecule has 0 amide bonds. The quantitative estimate of drug-likeness (QED) is 0.824. The van der Waals surface area contributed by atoms with Crippen molar-refractivity contribution < 1.29 is 9.47 Å². The average molecular weight is 263 g/mol. The first-order chi connectivity index (χ1) is 9.42. The molecule has 1 fully saturated rings. The van der Waals surface area contributed by atoms with Crippen LogP contribution in [0.1, 0.15) is 5.56 Å². The molecule has 0 aromatic heterocycles. The molecule has 0 bridgehead atoms. The van der Waals surface area contributed by atoms with E-state index in [4.69, 9.17) is 9.47 Å². The molecule has 2 N–H and O–H groups in total. The second kappa shape index (κ2) is 6.23. The maximum atomic E-state index is 5.59. The SMILES string of the molecule is c1cc2c(cc1CNCN1CCNCC1)OCCO2. The van der Waals surface area contributed by atoms with E-state index in [0.29, 0.717) is 13.2 Å². The molecule has 0 radical (unpaired) electrons. The van der Waals surface area contributed by atoms with Crippen LogP contribution in [0.2, 0.25) is 0 Å². The number of piperazine rings is 1. The van der Waals surface area contributed by atoms with Gasteiger partial charge in [-0.3, -0.25) is 4.90 Å². The summed E-state index contributed by atoms with van der Waals surface area (Å²) in [5.41, 5.74) is 1.24. The lowest BCUT2D eigenvalue weighted by Gasteiger charge is -2.27. The highest BCUT2D eigenvalue weighted by Crippen LogP contribution is 2.30. The normalized spacial score (nSPS) is 19.4. The number of benzene rings is 1. The van der Waals surface area contributed by atoms with Crippen LogP contribution < -0.4 is 20.1 Å². The molecule has 0 spiro atoms. The Morgan fingerprint density at radius 3 is 2.74 bits per heavy atom. The van der Waals surface area contributed by atoms with E-state index in [1.165, 1.54) is 5.56 Å². The first-order valence-corrected chi connectivity index (χ1v) is 6.94. The molecule has 104 valence electrons. The van der Waals surface area contributed by atoms with Crippen LogP contribution in [0, 0.1) is 0 Å². The number of hydrogen-bond acceptors (Lipinski definition) is 5. The molecule has 1 aromatic carbocycles. The van der Waals surface area contributed by atoms with Gasteiger partial charge < -0.3 is 20.1 Å². The third-order valence-electron chi connectivity index (χ3n) is 3.48. The maximum absolute atomic E-state index is 5.59. The first kappa shape index (κ1) is 12.7. The van der Waals surface area contributed by atoms with Crippen LogP contribution in [-0.4, -0.2) is 51.0 Å². The van der Waals surface area contributed by atoms with Crippen molar-refractivity contribution in [2.45, 2.75) is 6.54 Å². The van der Waals surface area contributed by atoms with Gasteiger partial charge in [-0.05, 0) is 17.7 Å². The van der Waals surface area contributed by atoms with Crippen LogP contribution in [0.15, 0.2) is 18.2 Å². The summed E-state index contributed by atoms with van der Waals surface area (Å²) in [5, 5.41) is 6.84. The summed E-state index contributed by atoms with van der Waals surface area (Å²) in [6, 6.07) is 6.16. The molecular formula is C14H21N3O2. The van der Waals surface area contributed by atoms with Crippen LogP contribution >= 0.6 is 0 Å². The molecule has 2 aliphatic heterocycles. The molecule has 2 aliphatic rings. The number of fused-ring (bicyclic) bond motifs is 1. The Labute approximate surface area is 113 Å². The summed E-state index contributed by atoms with van der Waals surface area (Å²) < 4.78 is 11.1. The van der Waals surface area contributed by atoms with E-state index in [9.17, 15) is 0 Å². The van der Waals surface area contributed by atoms with Gasteiger partial charge in [0.15, 0.2) is 11.5 Å². The molecule has 3 rings (SSSR count). The lowest BCUT2D eigenvalue weighted by atomic mass is 10.2. The van der Waals surface area contributed by atoms with Gasteiger partial charge in [-0.1, -0.05) is 6.07 Å². The average Bonchev–Trinajstić information content (AvgIpc) is 2.48. The number of nitrogens with one attached hydrogen (secondary N) is 2. The zero-order valence-electron chi connectivity index (χ0n) is 11.2. The van der Waals surface area contributed by atoms with Gasteiger partial charge in [-0.15, -0.1) is 0 Å². The lowest BCUT2D eigenvalue weighted by molar-refractivity contribution is 0.171. The van der Waals surface area contributed by atoms with E-state index in [-0.39, 0.29) is 0 Å². The summed E-state index contributed by atoms with van der Waals surface area (Å²) in [6.45, 7) is 7.51. The molecular weight excluding hydrogens is 242 g/mol. The molecule has 0 atom stereocenters. The molecule has 0 saturated carbocycles. The van der Waals surface area contributed by atoms with Gasteiger partial charge in [0.25, 0.3) is 0 Å². The summed E-state index contributed by atoms with van der Waals surface area (Å²) in [4.78, 5) is 2.43. The third kappa shape index (κ3) is 3.37. The van der Waals surface area contributed by atoms with E-state index < -0.39 is 0 Å². The van der Waals surface area contributed by atoms with E-state index in [1.54, 1.807) is 0 Å². The largest absolute Gasteiger partial charge is 0.486 e. The Morgan fingerprint density at radius 1 is 1.11 bits per heavy atom. The predicted octanol–water partition coefficient (Wildman–Crippen LogP) is 0.410. The van der Waals surface area contributed by atoms with Gasteiger partial charge in [0.1, 0.15) is 13.2 Å². The molecule has 1 aromatic rings. The van der Waals surface area contributed by atoms with Gasteiger partial charge in [0.2, 0.25) is 0 Å². The second-order valence-electron chi connectivity index (χ2n) is 4.93. The van der Waals surface area contributed by atoms with Gasteiger partial charge >= 0.3 is 0 Å². The predicted molar refractivity (Wildman–Crippen MR) is 73.6 cm³/mol. The van der Waals surface area contributed by atoms with Crippen molar-refractivity contribution in [3.63, 3.8) is 0 Å². The molecule has 5 nitrogen and oxygen atoms in total. The minimum Gasteiger partial charge on any atom is -0.486 e. The Morgan fingerprint density at radius 2 is 1.89 bits per heavy atom. The minimum absolute atomic E-state index is 0.644. The summed E-state index contributed by atoms with van der Waals surface area (Å²) in [5.74, 6) is 1.73. The molecule has 0 unspecified atom stereocenters. The zero-order valence-corrected chi connectivity index (χ0v) is 11.2. The van der Waals surface area contributed by atoms with E-state index in [0.717, 1.165) is 50.9 Å². The second-order valence-corrected chi connectivity index (χ2v) is 4.93. The van der Waals surface area contributed by atoms with Crippen molar-refractivity contribution in [3.8, 4) is 11.5 Å². The highest BCUT2D eigenvalue weighted by Gasteiger charge is 2.12. The van der Waals surface area contributed by atoms with Crippen molar-refractivity contribution in [3.05, 3.63) is 23.8 Å². The van der Waals surface area contributed by atoms with Crippen molar-refractivity contribution in [2.75, 3.05) is 46.1 Å². The van der Waals surface area contributed by atoms with Crippen molar-refractivity contribution in [1.29, 1.82) is 0 Å². The standard InChI is InChI=1S/C14H21N3O2/c1-2-13-14(19-8-7-18-13)9-12(1)10-16-11-17-5-3-15-4-6-17/h1-2,9,15-16H,3-8,10-11H2. The molecule has 5 heteroatoms. The highest BCUT2D eigenvalue weighted by molar-refractivity contribution is 5.43. The molecule has 19 heavy (non-hydrogen) atoms. The van der Waals surface area contributed by atoms with Gasteiger partial charge in [0.05, 0.1) is 0 Å². The lowest BCUT2D eigenvalue weighted by Crippen LogP contribution is -2.46. The van der Waals surface area contributed by atoms with Crippen LogP contribution in [0.25, 0.3) is 0 Å². The highest BCUT2D eigenvalue weighted by atomic mass is 16.6. The Balaban J connectivity index is 1.49. The van der Waals surface area contributed by atoms with Gasteiger partial charge in [-0.2, -0.15) is 0 Å². The fourth-order valence-corrected chi connectivity index (χ4v) is 2.43. The Bertz CT molecular complexity index is 419. The van der Waals surface area contributed by atoms with Crippen LogP contribution in [0.5, 0.6) is 11.5 Å². The molecule has 1 saturated heterocycles. The van der Waals surface area contributed by atoms with Crippen molar-refractivity contribution >= 4 is 0 Å². The van der Waals surface area contributed by atoms with E-state index >= 15 is 0 Å². The summed E-state index contributed by atoms with van der Waals surface area (Å²) >= 11 is 0. The maximum Gasteiger partial charge on any atom is 0.161 e. The molecule has 0 aliphatic carbocycles. The first-order valence-electron chi connectivity index (χ1n) is 6.94. The fourth-order valence-electron chi connectivity index (χ4n) is 2.43. The van der Waals surface area contributed by atoms with E-state index in [2.05, 4.69) is 27.7 Å². The van der Waals surface area contributed by atoms with Crippen molar-refractivity contribution in [1.82, 2.24) is 15.5 Å². The monoisotopic (exact) mass is 263 g/mol. The van der Waals surface area contributed by atoms with Crippen LogP contribution in [-0.2, 0) is 6.54 Å². The van der Waals surface area contributed by atoms with E-state index in [1.807, 2.05) is 6.07 Å². The number of rotatable bonds is 4. The summed E-state index contributed by atoms with van der Waals surface area (Å²) in [6.07, 6.45) is 0. The van der Waals surface area contributed by atoms with Crippen LogP contribution in [0.3, 0.4) is 0 Å². The Kier molecular flexibility index (Phi) is 4.17. The third-order valence-corrected chi connectivity index (χ3v) is 3.48. The molecule has 2 heterocycles. The minimum atomic E-state index is 0.644. The number of ether oxygens (including phenoxy) is 2. The van der Waals surface area contributed by atoms with Gasteiger partial charge in [-0.25, -0.2) is 0 Å². The number of nitrogens with zero attached hydrogens (tertiary/aromatic N) is 1. The fraction of sp³-hybridized carbons (Fsp3) is 0.571.